The molecule has 4 nitrogen and oxygen atoms in total. The molecule has 0 bridgehead atoms. The number of carbonyl (C=O) groups is 1. The molecular formula is C14H25NO3. The van der Waals surface area contributed by atoms with Gasteiger partial charge in [0.15, 0.2) is 0 Å². The average Bonchev–Trinajstić information content (AvgIpc) is 2.64. The number of hydrogen-bond donors (Lipinski definition) is 2. The molecule has 2 rings (SSSR count). The van der Waals surface area contributed by atoms with Crippen molar-refractivity contribution < 1.29 is 14.6 Å². The van der Waals surface area contributed by atoms with Gasteiger partial charge in [0.1, 0.15) is 5.60 Å². The number of aliphatic hydroxyl groups excluding tert-OH is 1. The second-order valence-corrected chi connectivity index (χ2v) is 6.57. The van der Waals surface area contributed by atoms with Crippen LogP contribution >= 0.6 is 0 Å². The van der Waals surface area contributed by atoms with Crippen molar-refractivity contribution in [3.05, 3.63) is 0 Å². The van der Waals surface area contributed by atoms with E-state index in [-0.39, 0.29) is 24.5 Å². The summed E-state index contributed by atoms with van der Waals surface area (Å²) >= 11 is 0. The minimum Gasteiger partial charge on any atom is -0.460 e. The molecule has 0 aromatic rings. The summed E-state index contributed by atoms with van der Waals surface area (Å²) in [7, 11) is 0. The Morgan fingerprint density at radius 2 is 2.00 bits per heavy atom. The van der Waals surface area contributed by atoms with Gasteiger partial charge < -0.3 is 15.2 Å². The van der Waals surface area contributed by atoms with Gasteiger partial charge >= 0.3 is 5.97 Å². The molecule has 2 aliphatic rings. The number of fused-ring (bicyclic) bond motifs is 1. The van der Waals surface area contributed by atoms with Gasteiger partial charge in [-0.3, -0.25) is 4.79 Å². The molecule has 0 radical (unpaired) electrons. The summed E-state index contributed by atoms with van der Waals surface area (Å²) in [6.07, 6.45) is 4.58. The zero-order valence-corrected chi connectivity index (χ0v) is 11.6. The fraction of sp³-hybridized carbons (Fsp3) is 0.929. The molecule has 1 aliphatic carbocycles. The lowest BCUT2D eigenvalue weighted by molar-refractivity contribution is -0.162. The Kier molecular flexibility index (Phi) is 3.97. The van der Waals surface area contributed by atoms with Crippen molar-refractivity contribution in [1.29, 1.82) is 0 Å². The Morgan fingerprint density at radius 3 is 2.61 bits per heavy atom. The summed E-state index contributed by atoms with van der Waals surface area (Å²) in [5.74, 6) is 0.00808. The van der Waals surface area contributed by atoms with Gasteiger partial charge in [0, 0.05) is 12.1 Å². The number of aliphatic hydroxyl groups is 1. The van der Waals surface area contributed by atoms with Crippen molar-refractivity contribution in [2.24, 2.45) is 11.8 Å². The van der Waals surface area contributed by atoms with Crippen molar-refractivity contribution in [1.82, 2.24) is 5.32 Å². The average molecular weight is 255 g/mol. The molecule has 4 atom stereocenters. The van der Waals surface area contributed by atoms with Crippen LogP contribution in [0.4, 0.5) is 0 Å². The number of esters is 1. The fourth-order valence-electron chi connectivity index (χ4n) is 3.35. The van der Waals surface area contributed by atoms with Crippen LogP contribution in [-0.4, -0.2) is 35.4 Å². The molecule has 0 spiro atoms. The smallest absolute Gasteiger partial charge is 0.311 e. The van der Waals surface area contributed by atoms with Crippen molar-refractivity contribution in [3.63, 3.8) is 0 Å². The summed E-state index contributed by atoms with van der Waals surface area (Å²) in [6, 6.07) is 0.251. The minimum atomic E-state index is -0.455. The van der Waals surface area contributed by atoms with Crippen LogP contribution in [0, 0.1) is 11.8 Å². The van der Waals surface area contributed by atoms with Gasteiger partial charge in [-0.2, -0.15) is 0 Å². The molecule has 2 N–H and O–H groups in total. The van der Waals surface area contributed by atoms with E-state index in [0.717, 1.165) is 12.8 Å². The molecule has 1 aliphatic heterocycles. The molecule has 0 aromatic heterocycles. The molecular weight excluding hydrogens is 230 g/mol. The van der Waals surface area contributed by atoms with Gasteiger partial charge in [-0.1, -0.05) is 12.8 Å². The Labute approximate surface area is 109 Å². The van der Waals surface area contributed by atoms with Gasteiger partial charge in [-0.25, -0.2) is 0 Å². The third-order valence-electron chi connectivity index (χ3n) is 4.02. The number of carbonyl (C=O) groups excluding carboxylic acids is 1. The molecule has 104 valence electrons. The maximum atomic E-state index is 12.3. The first-order valence-electron chi connectivity index (χ1n) is 7.02. The fourth-order valence-corrected chi connectivity index (χ4v) is 3.35. The first kappa shape index (κ1) is 13.8. The van der Waals surface area contributed by atoms with E-state index in [1.54, 1.807) is 0 Å². The van der Waals surface area contributed by atoms with E-state index in [4.69, 9.17) is 4.74 Å². The molecule has 1 saturated carbocycles. The highest BCUT2D eigenvalue weighted by atomic mass is 16.6. The van der Waals surface area contributed by atoms with E-state index in [0.29, 0.717) is 12.0 Å². The third kappa shape index (κ3) is 2.86. The second-order valence-electron chi connectivity index (χ2n) is 6.57. The maximum absolute atomic E-state index is 12.3. The highest BCUT2D eigenvalue weighted by Crippen LogP contribution is 2.38. The van der Waals surface area contributed by atoms with Crippen molar-refractivity contribution in [3.8, 4) is 0 Å². The summed E-state index contributed by atoms with van der Waals surface area (Å²) in [5.41, 5.74) is -0.455. The molecule has 4 heteroatoms. The standard InChI is InChI=1S/C14H25NO3/c1-14(2,3)18-13(17)12-9-6-4-5-7-10(9)15-11(12)8-16/h9-12,15-16H,4-8H2,1-3H3/t9-,10+,11-,12?/m1/s1. The van der Waals surface area contributed by atoms with Crippen molar-refractivity contribution in [2.75, 3.05) is 6.61 Å². The second kappa shape index (κ2) is 5.17. The Balaban J connectivity index is 2.10. The monoisotopic (exact) mass is 255 g/mol. The lowest BCUT2D eigenvalue weighted by atomic mass is 9.78. The van der Waals surface area contributed by atoms with E-state index in [1.165, 1.54) is 12.8 Å². The van der Waals surface area contributed by atoms with Gasteiger partial charge in [-0.15, -0.1) is 0 Å². The molecule has 1 unspecified atom stereocenters. The van der Waals surface area contributed by atoms with Crippen LogP contribution < -0.4 is 5.32 Å². The summed E-state index contributed by atoms with van der Waals surface area (Å²) in [5, 5.41) is 12.9. The quantitative estimate of drug-likeness (QED) is 0.734. The molecule has 18 heavy (non-hydrogen) atoms. The molecule has 2 fully saturated rings. The van der Waals surface area contributed by atoms with Crippen LogP contribution in [0.5, 0.6) is 0 Å². The zero-order valence-electron chi connectivity index (χ0n) is 11.6. The predicted molar refractivity (Wildman–Crippen MR) is 69.1 cm³/mol. The normalized spacial score (nSPS) is 36.2. The first-order chi connectivity index (χ1) is 8.42. The highest BCUT2D eigenvalue weighted by molar-refractivity contribution is 5.75. The predicted octanol–water partition coefficient (Wildman–Crippen LogP) is 1.47. The first-order valence-corrected chi connectivity index (χ1v) is 7.02. The highest BCUT2D eigenvalue weighted by Gasteiger charge is 2.48. The minimum absolute atomic E-state index is 0.0108. The summed E-state index contributed by atoms with van der Waals surface area (Å²) in [4.78, 5) is 12.3. The Bertz CT molecular complexity index is 311. The van der Waals surface area contributed by atoms with Crippen LogP contribution in [0.3, 0.4) is 0 Å². The zero-order chi connectivity index (χ0) is 13.3. The molecule has 1 saturated heterocycles. The molecule has 0 aromatic carbocycles. The number of rotatable bonds is 2. The number of nitrogens with one attached hydrogen (secondary N) is 1. The third-order valence-corrected chi connectivity index (χ3v) is 4.02. The topological polar surface area (TPSA) is 58.6 Å². The van der Waals surface area contributed by atoms with Crippen LogP contribution in [0.1, 0.15) is 46.5 Å². The maximum Gasteiger partial charge on any atom is 0.311 e. The number of ether oxygens (including phenoxy) is 1. The summed E-state index contributed by atoms with van der Waals surface area (Å²) in [6.45, 7) is 5.68. The Hall–Kier alpha value is -0.610. The van der Waals surface area contributed by atoms with E-state index < -0.39 is 5.60 Å². The van der Waals surface area contributed by atoms with Crippen LogP contribution in [-0.2, 0) is 9.53 Å². The SMILES string of the molecule is CC(C)(C)OC(=O)C1[C@@H](CO)N[C@H]2CCCC[C@@H]12. The van der Waals surface area contributed by atoms with Crippen LogP contribution in [0.15, 0.2) is 0 Å². The van der Waals surface area contributed by atoms with E-state index in [9.17, 15) is 9.90 Å². The number of hydrogen-bond acceptors (Lipinski definition) is 4. The largest absolute Gasteiger partial charge is 0.460 e. The van der Waals surface area contributed by atoms with E-state index >= 15 is 0 Å². The van der Waals surface area contributed by atoms with Crippen LogP contribution in [0.2, 0.25) is 0 Å². The van der Waals surface area contributed by atoms with Gasteiger partial charge in [-0.05, 0) is 39.5 Å². The summed E-state index contributed by atoms with van der Waals surface area (Å²) < 4.78 is 5.51. The van der Waals surface area contributed by atoms with Crippen molar-refractivity contribution in [2.45, 2.75) is 64.1 Å². The Morgan fingerprint density at radius 1 is 1.33 bits per heavy atom. The van der Waals surface area contributed by atoms with Gasteiger partial charge in [0.05, 0.1) is 12.5 Å². The molecule has 0 amide bonds. The van der Waals surface area contributed by atoms with Gasteiger partial charge in [0.25, 0.3) is 0 Å². The van der Waals surface area contributed by atoms with Gasteiger partial charge in [0.2, 0.25) is 0 Å². The lowest BCUT2D eigenvalue weighted by Crippen LogP contribution is -2.39. The van der Waals surface area contributed by atoms with E-state index in [1.807, 2.05) is 20.8 Å². The lowest BCUT2D eigenvalue weighted by Gasteiger charge is -2.30. The van der Waals surface area contributed by atoms with Crippen LogP contribution in [0.25, 0.3) is 0 Å². The molecule has 1 heterocycles. The van der Waals surface area contributed by atoms with Crippen molar-refractivity contribution >= 4 is 5.97 Å². The van der Waals surface area contributed by atoms with E-state index in [2.05, 4.69) is 5.32 Å².